The third-order valence-corrected chi connectivity index (χ3v) is 3.08. The van der Waals surface area contributed by atoms with Gasteiger partial charge in [-0.15, -0.1) is 10.2 Å². The molecule has 2 aromatic rings. The fourth-order valence-corrected chi connectivity index (χ4v) is 2.17. The first kappa shape index (κ1) is 10.9. The number of pyridine rings is 1. The first-order valence-corrected chi connectivity index (χ1v) is 5.90. The van der Waals surface area contributed by atoms with E-state index >= 15 is 0 Å². The van der Waals surface area contributed by atoms with Crippen LogP contribution < -0.4 is 0 Å². The lowest BCUT2D eigenvalue weighted by atomic mass is 10.3. The number of aliphatic carboxylic acids is 1. The molecule has 84 valence electrons. The molecule has 0 aliphatic carbocycles. The minimum Gasteiger partial charge on any atom is -0.481 e. The molecule has 0 fully saturated rings. The van der Waals surface area contributed by atoms with Gasteiger partial charge in [0.25, 0.3) is 0 Å². The largest absolute Gasteiger partial charge is 0.481 e. The minimum atomic E-state index is -0.758. The third kappa shape index (κ3) is 2.52. The van der Waals surface area contributed by atoms with E-state index in [1.54, 1.807) is 0 Å². The number of carboxylic acids is 1. The molecule has 0 bridgehead atoms. The number of nitrogens with zero attached hydrogens (tertiary/aromatic N) is 3. The number of aromatic nitrogens is 3. The smallest absolute Gasteiger partial charge is 0.303 e. The van der Waals surface area contributed by atoms with E-state index in [1.165, 1.54) is 11.8 Å². The summed E-state index contributed by atoms with van der Waals surface area (Å²) in [5, 5.41) is 17.4. The van der Waals surface area contributed by atoms with Crippen molar-refractivity contribution in [3.8, 4) is 0 Å². The number of hydrogen-bond donors (Lipinski definition) is 1. The minimum absolute atomic E-state index is 0.198. The van der Waals surface area contributed by atoms with Crippen LogP contribution in [0, 0.1) is 0 Å². The van der Waals surface area contributed by atoms with E-state index in [0.29, 0.717) is 6.42 Å². The lowest BCUT2D eigenvalue weighted by Gasteiger charge is -1.98. The van der Waals surface area contributed by atoms with Crippen molar-refractivity contribution in [3.05, 3.63) is 24.4 Å². The third-order valence-electron chi connectivity index (χ3n) is 2.05. The SMILES string of the molecule is O=C(O)CCCSc1nnc2ccccn12. The van der Waals surface area contributed by atoms with E-state index in [1.807, 2.05) is 28.8 Å². The van der Waals surface area contributed by atoms with Crippen LogP contribution in [0.5, 0.6) is 0 Å². The van der Waals surface area contributed by atoms with Gasteiger partial charge in [0.1, 0.15) is 0 Å². The van der Waals surface area contributed by atoms with Crippen molar-refractivity contribution < 1.29 is 9.90 Å². The highest BCUT2D eigenvalue weighted by atomic mass is 32.2. The Hall–Kier alpha value is -1.56. The number of fused-ring (bicyclic) bond motifs is 1. The molecule has 2 aromatic heterocycles. The van der Waals surface area contributed by atoms with Crippen LogP contribution >= 0.6 is 11.8 Å². The van der Waals surface area contributed by atoms with E-state index in [-0.39, 0.29) is 6.42 Å². The molecule has 5 nitrogen and oxygen atoms in total. The maximum atomic E-state index is 10.3. The monoisotopic (exact) mass is 237 g/mol. The Morgan fingerprint density at radius 2 is 2.31 bits per heavy atom. The molecule has 0 saturated heterocycles. The molecule has 0 radical (unpaired) electrons. The molecular formula is C10H11N3O2S. The Morgan fingerprint density at radius 3 is 3.12 bits per heavy atom. The van der Waals surface area contributed by atoms with Crippen LogP contribution in [0.25, 0.3) is 5.65 Å². The van der Waals surface area contributed by atoms with Crippen LogP contribution in [0.15, 0.2) is 29.6 Å². The Bertz CT molecular complexity index is 498. The molecule has 0 aliphatic rings. The van der Waals surface area contributed by atoms with E-state index in [0.717, 1.165) is 16.6 Å². The second kappa shape index (κ2) is 4.98. The van der Waals surface area contributed by atoms with Gasteiger partial charge in [-0.2, -0.15) is 0 Å². The zero-order chi connectivity index (χ0) is 11.4. The number of carbonyl (C=O) groups is 1. The lowest BCUT2D eigenvalue weighted by Crippen LogP contribution is -1.95. The van der Waals surface area contributed by atoms with Gasteiger partial charge in [0.05, 0.1) is 0 Å². The summed E-state index contributed by atoms with van der Waals surface area (Å²) >= 11 is 1.52. The molecule has 2 heterocycles. The molecule has 6 heteroatoms. The molecule has 0 unspecified atom stereocenters. The second-order valence-corrected chi connectivity index (χ2v) is 4.32. The van der Waals surface area contributed by atoms with E-state index in [9.17, 15) is 4.79 Å². The Labute approximate surface area is 96.5 Å². The van der Waals surface area contributed by atoms with Crippen molar-refractivity contribution in [1.82, 2.24) is 14.6 Å². The highest BCUT2D eigenvalue weighted by Gasteiger charge is 2.05. The topological polar surface area (TPSA) is 67.5 Å². The van der Waals surface area contributed by atoms with Crippen LogP contribution in [0.3, 0.4) is 0 Å². The van der Waals surface area contributed by atoms with Gasteiger partial charge < -0.3 is 5.11 Å². The molecule has 1 N–H and O–H groups in total. The summed E-state index contributed by atoms with van der Waals surface area (Å²) < 4.78 is 1.89. The maximum absolute atomic E-state index is 10.3. The van der Waals surface area contributed by atoms with Crippen LogP contribution in [0.1, 0.15) is 12.8 Å². The predicted molar refractivity (Wildman–Crippen MR) is 60.6 cm³/mol. The Morgan fingerprint density at radius 1 is 1.44 bits per heavy atom. The molecule has 2 rings (SSSR count). The van der Waals surface area contributed by atoms with Gasteiger partial charge in [0, 0.05) is 18.4 Å². The number of rotatable bonds is 5. The summed E-state index contributed by atoms with van der Waals surface area (Å²) in [7, 11) is 0. The van der Waals surface area contributed by atoms with Gasteiger partial charge in [0.2, 0.25) is 0 Å². The van der Waals surface area contributed by atoms with Gasteiger partial charge in [-0.05, 0) is 18.6 Å². The van der Waals surface area contributed by atoms with E-state index in [2.05, 4.69) is 10.2 Å². The maximum Gasteiger partial charge on any atom is 0.303 e. The first-order valence-electron chi connectivity index (χ1n) is 4.92. The number of carboxylic acid groups (broad SMARTS) is 1. The second-order valence-electron chi connectivity index (χ2n) is 3.26. The molecule has 0 spiro atoms. The van der Waals surface area contributed by atoms with Crippen molar-refractivity contribution in [1.29, 1.82) is 0 Å². The summed E-state index contributed by atoms with van der Waals surface area (Å²) in [4.78, 5) is 10.3. The van der Waals surface area contributed by atoms with Crippen LogP contribution in [0.4, 0.5) is 0 Å². The average Bonchev–Trinajstić information content (AvgIpc) is 2.68. The summed E-state index contributed by atoms with van der Waals surface area (Å²) in [5.74, 6) is -0.0196. The van der Waals surface area contributed by atoms with Gasteiger partial charge in [-0.3, -0.25) is 9.20 Å². The van der Waals surface area contributed by atoms with Gasteiger partial charge in [-0.1, -0.05) is 17.8 Å². The number of thioether (sulfide) groups is 1. The lowest BCUT2D eigenvalue weighted by molar-refractivity contribution is -0.137. The zero-order valence-corrected chi connectivity index (χ0v) is 9.35. The predicted octanol–water partition coefficient (Wildman–Crippen LogP) is 1.69. The zero-order valence-electron chi connectivity index (χ0n) is 8.54. The quantitative estimate of drug-likeness (QED) is 0.633. The van der Waals surface area contributed by atoms with Crippen LogP contribution in [-0.4, -0.2) is 31.4 Å². The van der Waals surface area contributed by atoms with Crippen LogP contribution in [0.2, 0.25) is 0 Å². The van der Waals surface area contributed by atoms with Crippen molar-refractivity contribution in [2.75, 3.05) is 5.75 Å². The Kier molecular flexibility index (Phi) is 3.40. The van der Waals surface area contributed by atoms with Crippen molar-refractivity contribution >= 4 is 23.4 Å². The van der Waals surface area contributed by atoms with E-state index in [4.69, 9.17) is 5.11 Å². The number of hydrogen-bond acceptors (Lipinski definition) is 4. The molecule has 0 atom stereocenters. The fourth-order valence-electron chi connectivity index (χ4n) is 1.30. The molecule has 0 aromatic carbocycles. The van der Waals surface area contributed by atoms with Gasteiger partial charge in [0.15, 0.2) is 10.8 Å². The van der Waals surface area contributed by atoms with Gasteiger partial charge >= 0.3 is 5.97 Å². The average molecular weight is 237 g/mol. The highest BCUT2D eigenvalue weighted by Crippen LogP contribution is 2.17. The van der Waals surface area contributed by atoms with Crippen molar-refractivity contribution in [2.24, 2.45) is 0 Å². The normalized spacial score (nSPS) is 10.8. The highest BCUT2D eigenvalue weighted by molar-refractivity contribution is 7.99. The van der Waals surface area contributed by atoms with Crippen molar-refractivity contribution in [3.63, 3.8) is 0 Å². The Balaban J connectivity index is 1.97. The van der Waals surface area contributed by atoms with Crippen molar-refractivity contribution in [2.45, 2.75) is 18.0 Å². The summed E-state index contributed by atoms with van der Waals surface area (Å²) in [5.41, 5.74) is 0.809. The first-order chi connectivity index (χ1) is 7.77. The van der Waals surface area contributed by atoms with E-state index < -0.39 is 5.97 Å². The summed E-state index contributed by atoms with van der Waals surface area (Å²) in [6, 6.07) is 5.70. The standard InChI is InChI=1S/C10H11N3O2S/c14-9(15)5-3-7-16-10-12-11-8-4-1-2-6-13(8)10/h1-2,4,6H,3,5,7H2,(H,14,15). The van der Waals surface area contributed by atoms with Crippen LogP contribution in [-0.2, 0) is 4.79 Å². The molecule has 0 saturated carbocycles. The van der Waals surface area contributed by atoms with Gasteiger partial charge in [-0.25, -0.2) is 0 Å². The fraction of sp³-hybridized carbons (Fsp3) is 0.300. The molecular weight excluding hydrogens is 226 g/mol. The molecule has 0 amide bonds. The summed E-state index contributed by atoms with van der Waals surface area (Å²) in [6.45, 7) is 0. The molecule has 16 heavy (non-hydrogen) atoms. The molecule has 0 aliphatic heterocycles. The summed E-state index contributed by atoms with van der Waals surface area (Å²) in [6.07, 6.45) is 2.74.